The van der Waals surface area contributed by atoms with E-state index in [-0.39, 0.29) is 5.24 Å². The second kappa shape index (κ2) is 5.11. The summed E-state index contributed by atoms with van der Waals surface area (Å²) in [5.41, 5.74) is 2.42. The summed E-state index contributed by atoms with van der Waals surface area (Å²) in [6, 6.07) is 4.22. The summed E-state index contributed by atoms with van der Waals surface area (Å²) in [7, 11) is 1.66. The van der Waals surface area contributed by atoms with E-state index in [4.69, 9.17) is 16.3 Å². The van der Waals surface area contributed by atoms with Crippen molar-refractivity contribution in [3.05, 3.63) is 23.3 Å². The average molecular weight is 257 g/mol. The van der Waals surface area contributed by atoms with Gasteiger partial charge in [-0.1, -0.05) is 0 Å². The molecule has 1 aromatic carbocycles. The van der Waals surface area contributed by atoms with Crippen molar-refractivity contribution in [3.8, 4) is 5.75 Å². The number of carbonyl (C=O) groups excluding carboxylic acids is 1. The molecule has 86 valence electrons. The maximum Gasteiger partial charge on any atom is 0.221 e. The van der Waals surface area contributed by atoms with E-state index in [9.17, 15) is 4.79 Å². The van der Waals surface area contributed by atoms with E-state index in [1.54, 1.807) is 7.11 Å². The van der Waals surface area contributed by atoms with Gasteiger partial charge < -0.3 is 4.74 Å². The van der Waals surface area contributed by atoms with E-state index in [0.717, 1.165) is 23.5 Å². The van der Waals surface area contributed by atoms with E-state index >= 15 is 0 Å². The number of benzene rings is 1. The van der Waals surface area contributed by atoms with Crippen LogP contribution in [0.5, 0.6) is 5.75 Å². The lowest BCUT2D eigenvalue weighted by molar-refractivity contribution is -0.111. The van der Waals surface area contributed by atoms with Crippen molar-refractivity contribution >= 4 is 28.6 Å². The zero-order valence-electron chi connectivity index (χ0n) is 9.09. The van der Waals surface area contributed by atoms with Crippen molar-refractivity contribution in [2.24, 2.45) is 0 Å². The molecule has 2 nitrogen and oxygen atoms in total. The minimum Gasteiger partial charge on any atom is -0.496 e. The molecule has 0 saturated heterocycles. The highest BCUT2D eigenvalue weighted by Crippen LogP contribution is 2.36. The molecule has 4 heteroatoms. The minimum atomic E-state index is -0.296. The van der Waals surface area contributed by atoms with E-state index in [1.807, 2.05) is 11.8 Å². The Morgan fingerprint density at radius 3 is 3.06 bits per heavy atom. The lowest BCUT2D eigenvalue weighted by Crippen LogP contribution is -1.97. The van der Waals surface area contributed by atoms with Crippen LogP contribution in [0.4, 0.5) is 0 Å². The Morgan fingerprint density at radius 1 is 1.56 bits per heavy atom. The Kier molecular flexibility index (Phi) is 3.77. The third-order valence-electron chi connectivity index (χ3n) is 2.68. The van der Waals surface area contributed by atoms with Crippen LogP contribution in [0.1, 0.15) is 17.5 Å². The highest BCUT2D eigenvalue weighted by molar-refractivity contribution is 7.99. The van der Waals surface area contributed by atoms with E-state index in [2.05, 4.69) is 12.1 Å². The molecule has 0 amide bonds. The molecule has 0 atom stereocenters. The Bertz CT molecular complexity index is 418. The highest BCUT2D eigenvalue weighted by Gasteiger charge is 2.15. The first-order valence-corrected chi connectivity index (χ1v) is 6.58. The van der Waals surface area contributed by atoms with Gasteiger partial charge in [-0.2, -0.15) is 0 Å². The number of carbonyl (C=O) groups is 1. The fourth-order valence-electron chi connectivity index (χ4n) is 1.86. The number of thioether (sulfide) groups is 1. The first kappa shape index (κ1) is 11.8. The summed E-state index contributed by atoms with van der Waals surface area (Å²) in [6.45, 7) is 0. The molecule has 1 heterocycles. The molecule has 0 spiro atoms. The number of aryl methyl sites for hydroxylation is 2. The van der Waals surface area contributed by atoms with Gasteiger partial charge in [-0.05, 0) is 47.7 Å². The fraction of sp³-hybridized carbons (Fsp3) is 0.417. The molecule has 0 aromatic heterocycles. The number of ether oxygens (including phenoxy) is 1. The summed E-state index contributed by atoms with van der Waals surface area (Å²) >= 11 is 7.22. The van der Waals surface area contributed by atoms with Crippen molar-refractivity contribution in [2.75, 3.05) is 12.9 Å². The predicted molar refractivity (Wildman–Crippen MR) is 66.6 cm³/mol. The van der Waals surface area contributed by atoms with Crippen LogP contribution in [0, 0.1) is 0 Å². The molecule has 0 N–H and O–H groups in total. The second-order valence-electron chi connectivity index (χ2n) is 3.73. The zero-order valence-corrected chi connectivity index (χ0v) is 10.7. The summed E-state index contributed by atoms with van der Waals surface area (Å²) in [6.07, 6.45) is 2.12. The van der Waals surface area contributed by atoms with E-state index in [0.29, 0.717) is 12.8 Å². The SMILES string of the molecule is COc1cc2c(cc1CCC(=O)Cl)SCC2. The number of methoxy groups -OCH3 is 1. The van der Waals surface area contributed by atoms with Crippen LogP contribution in [-0.4, -0.2) is 18.1 Å². The van der Waals surface area contributed by atoms with Gasteiger partial charge in [-0.25, -0.2) is 0 Å². The second-order valence-corrected chi connectivity index (χ2v) is 5.28. The Morgan fingerprint density at radius 2 is 2.38 bits per heavy atom. The lowest BCUT2D eigenvalue weighted by Gasteiger charge is -2.10. The van der Waals surface area contributed by atoms with Crippen LogP contribution in [0.15, 0.2) is 17.0 Å². The smallest absolute Gasteiger partial charge is 0.221 e. The summed E-state index contributed by atoms with van der Waals surface area (Å²) in [4.78, 5) is 12.1. The molecule has 1 aromatic rings. The monoisotopic (exact) mass is 256 g/mol. The number of fused-ring (bicyclic) bond motifs is 1. The molecule has 0 radical (unpaired) electrons. The molecule has 0 aliphatic carbocycles. The fourth-order valence-corrected chi connectivity index (χ4v) is 3.07. The highest BCUT2D eigenvalue weighted by atomic mass is 35.5. The lowest BCUT2D eigenvalue weighted by atomic mass is 10.0. The maximum absolute atomic E-state index is 10.8. The van der Waals surface area contributed by atoms with Gasteiger partial charge in [0.15, 0.2) is 0 Å². The van der Waals surface area contributed by atoms with Crippen LogP contribution in [0.25, 0.3) is 0 Å². The molecule has 2 rings (SSSR count). The van der Waals surface area contributed by atoms with Gasteiger partial charge in [0.25, 0.3) is 0 Å². The standard InChI is InChI=1S/C12H13ClO2S/c1-15-10-6-9-4-5-16-11(9)7-8(10)2-3-12(13)14/h6-7H,2-5H2,1H3. The van der Waals surface area contributed by atoms with Crippen molar-refractivity contribution in [1.82, 2.24) is 0 Å². The quantitative estimate of drug-likeness (QED) is 0.775. The van der Waals surface area contributed by atoms with Crippen LogP contribution in [0.3, 0.4) is 0 Å². The molecule has 0 saturated carbocycles. The first-order chi connectivity index (χ1) is 7.70. The van der Waals surface area contributed by atoms with Crippen molar-refractivity contribution < 1.29 is 9.53 Å². The van der Waals surface area contributed by atoms with Crippen molar-refractivity contribution in [1.29, 1.82) is 0 Å². The minimum absolute atomic E-state index is 0.296. The van der Waals surface area contributed by atoms with Crippen molar-refractivity contribution in [2.45, 2.75) is 24.2 Å². The summed E-state index contributed by atoms with van der Waals surface area (Å²) < 4.78 is 5.34. The normalized spacial score (nSPS) is 13.6. The molecular formula is C12H13ClO2S. The Balaban J connectivity index is 2.25. The first-order valence-electron chi connectivity index (χ1n) is 5.21. The topological polar surface area (TPSA) is 26.3 Å². The number of hydrogen-bond donors (Lipinski definition) is 0. The maximum atomic E-state index is 10.8. The van der Waals surface area contributed by atoms with Crippen LogP contribution in [0.2, 0.25) is 0 Å². The third-order valence-corrected chi connectivity index (χ3v) is 3.97. The Labute approximate surface area is 104 Å². The molecular weight excluding hydrogens is 244 g/mol. The van der Waals surface area contributed by atoms with Crippen LogP contribution in [-0.2, 0) is 17.6 Å². The molecule has 16 heavy (non-hydrogen) atoms. The van der Waals surface area contributed by atoms with Gasteiger partial charge in [0.2, 0.25) is 5.24 Å². The van der Waals surface area contributed by atoms with Gasteiger partial charge in [0.05, 0.1) is 7.11 Å². The summed E-state index contributed by atoms with van der Waals surface area (Å²) in [5.74, 6) is 2.01. The number of halogens is 1. The average Bonchev–Trinajstić information content (AvgIpc) is 2.71. The van der Waals surface area contributed by atoms with E-state index in [1.165, 1.54) is 10.5 Å². The van der Waals surface area contributed by atoms with Gasteiger partial charge >= 0.3 is 0 Å². The van der Waals surface area contributed by atoms with Gasteiger partial charge in [-0.15, -0.1) is 11.8 Å². The third kappa shape index (κ3) is 2.53. The van der Waals surface area contributed by atoms with Gasteiger partial charge in [0, 0.05) is 17.1 Å². The predicted octanol–water partition coefficient (Wildman–Crippen LogP) is 3.04. The van der Waals surface area contributed by atoms with Crippen molar-refractivity contribution in [3.63, 3.8) is 0 Å². The molecule has 1 aliphatic heterocycles. The van der Waals surface area contributed by atoms with Gasteiger partial charge in [-0.3, -0.25) is 4.79 Å². The molecule has 1 aliphatic rings. The van der Waals surface area contributed by atoms with Crippen LogP contribution >= 0.6 is 23.4 Å². The number of hydrogen-bond acceptors (Lipinski definition) is 3. The molecule has 0 bridgehead atoms. The molecule has 0 unspecified atom stereocenters. The van der Waals surface area contributed by atoms with Gasteiger partial charge in [0.1, 0.15) is 5.75 Å². The Hall–Kier alpha value is -0.670. The largest absolute Gasteiger partial charge is 0.496 e. The molecule has 0 fully saturated rings. The van der Waals surface area contributed by atoms with Crippen LogP contribution < -0.4 is 4.74 Å². The number of rotatable bonds is 4. The van der Waals surface area contributed by atoms with E-state index < -0.39 is 0 Å². The summed E-state index contributed by atoms with van der Waals surface area (Å²) in [5, 5.41) is -0.296. The zero-order chi connectivity index (χ0) is 11.5.